The Bertz CT molecular complexity index is 334. The number of carbonyl (C=O) groups is 1. The number of likely N-dealkylation sites (N-methyl/N-ethyl adjacent to an activating group) is 1. The summed E-state index contributed by atoms with van der Waals surface area (Å²) in [6.45, 7) is 2.35. The third kappa shape index (κ3) is 2.53. The zero-order valence-electron chi connectivity index (χ0n) is 8.56. The monoisotopic (exact) mass is 198 g/mol. The van der Waals surface area contributed by atoms with Gasteiger partial charge in [-0.25, -0.2) is 0 Å². The average molecular weight is 198 g/mol. The second kappa shape index (κ2) is 4.19. The zero-order chi connectivity index (χ0) is 10.7. The van der Waals surface area contributed by atoms with Gasteiger partial charge in [0.2, 0.25) is 0 Å². The van der Waals surface area contributed by atoms with E-state index in [1.54, 1.807) is 11.9 Å². The van der Waals surface area contributed by atoms with Gasteiger partial charge >= 0.3 is 5.97 Å². The quantitative estimate of drug-likeness (QED) is 0.715. The summed E-state index contributed by atoms with van der Waals surface area (Å²) in [7, 11) is 3.59. The molecule has 1 aromatic rings. The van der Waals surface area contributed by atoms with Crippen molar-refractivity contribution in [3.05, 3.63) is 11.6 Å². The normalized spacial score (nSPS) is 10.9. The number of aliphatic carboxylic acids is 1. The molecule has 1 heterocycles. The minimum Gasteiger partial charge on any atom is -0.480 e. The first kappa shape index (κ1) is 10.6. The van der Waals surface area contributed by atoms with Crippen molar-refractivity contribution >= 4 is 5.97 Å². The lowest BCUT2D eigenvalue weighted by Crippen LogP contribution is -2.26. The molecule has 0 unspecified atom stereocenters. The predicted molar refractivity (Wildman–Crippen MR) is 49.7 cm³/mol. The number of carboxylic acid groups (broad SMARTS) is 1. The highest BCUT2D eigenvalue weighted by molar-refractivity contribution is 5.68. The van der Waals surface area contributed by atoms with Crippen molar-refractivity contribution in [2.75, 3.05) is 13.6 Å². The standard InChI is InChI=1S/C8H14N4O2/c1-6-9-10-7(12(6)3)4-11(2)5-8(13)14/h4-5H2,1-3H3,(H,13,14). The van der Waals surface area contributed by atoms with Gasteiger partial charge in [-0.2, -0.15) is 0 Å². The van der Waals surface area contributed by atoms with Crippen LogP contribution < -0.4 is 0 Å². The molecule has 1 aromatic heterocycles. The smallest absolute Gasteiger partial charge is 0.317 e. The van der Waals surface area contributed by atoms with Gasteiger partial charge in [0.25, 0.3) is 0 Å². The summed E-state index contributed by atoms with van der Waals surface area (Å²) < 4.78 is 1.85. The molecule has 0 radical (unpaired) electrons. The van der Waals surface area contributed by atoms with Crippen LogP contribution >= 0.6 is 0 Å². The van der Waals surface area contributed by atoms with Crippen LogP contribution in [-0.4, -0.2) is 44.3 Å². The van der Waals surface area contributed by atoms with Gasteiger partial charge in [0.05, 0.1) is 13.1 Å². The Hall–Kier alpha value is -1.43. The Morgan fingerprint density at radius 1 is 1.57 bits per heavy atom. The number of carboxylic acids is 1. The maximum Gasteiger partial charge on any atom is 0.317 e. The number of nitrogens with zero attached hydrogens (tertiary/aromatic N) is 4. The van der Waals surface area contributed by atoms with E-state index < -0.39 is 5.97 Å². The molecule has 0 aliphatic carbocycles. The maximum absolute atomic E-state index is 10.4. The third-order valence-electron chi connectivity index (χ3n) is 2.00. The van der Waals surface area contributed by atoms with E-state index in [1.165, 1.54) is 0 Å². The van der Waals surface area contributed by atoms with Crippen LogP contribution in [0.25, 0.3) is 0 Å². The molecule has 0 aliphatic heterocycles. The highest BCUT2D eigenvalue weighted by Gasteiger charge is 2.10. The molecule has 0 aromatic carbocycles. The van der Waals surface area contributed by atoms with Crippen LogP contribution in [0.3, 0.4) is 0 Å². The van der Waals surface area contributed by atoms with Crippen molar-refractivity contribution in [3.63, 3.8) is 0 Å². The Balaban J connectivity index is 2.60. The van der Waals surface area contributed by atoms with Crippen molar-refractivity contribution in [1.82, 2.24) is 19.7 Å². The second-order valence-electron chi connectivity index (χ2n) is 3.29. The number of aryl methyl sites for hydroxylation is 1. The van der Waals surface area contributed by atoms with Crippen molar-refractivity contribution in [3.8, 4) is 0 Å². The largest absolute Gasteiger partial charge is 0.480 e. The molecule has 0 saturated carbocycles. The number of aromatic nitrogens is 3. The van der Waals surface area contributed by atoms with E-state index in [2.05, 4.69) is 10.2 Å². The van der Waals surface area contributed by atoms with E-state index >= 15 is 0 Å². The van der Waals surface area contributed by atoms with E-state index in [1.807, 2.05) is 18.5 Å². The maximum atomic E-state index is 10.4. The van der Waals surface area contributed by atoms with E-state index in [0.717, 1.165) is 11.6 Å². The van der Waals surface area contributed by atoms with Crippen molar-refractivity contribution in [2.24, 2.45) is 7.05 Å². The SMILES string of the molecule is Cc1nnc(CN(C)CC(=O)O)n1C. The first-order valence-corrected chi connectivity index (χ1v) is 4.26. The van der Waals surface area contributed by atoms with Crippen LogP contribution in [0, 0.1) is 6.92 Å². The molecule has 0 aliphatic rings. The summed E-state index contributed by atoms with van der Waals surface area (Å²) in [6.07, 6.45) is 0. The molecule has 1 N–H and O–H groups in total. The minimum absolute atomic E-state index is 0.00586. The number of hydrogen-bond donors (Lipinski definition) is 1. The fourth-order valence-electron chi connectivity index (χ4n) is 1.12. The van der Waals surface area contributed by atoms with Crippen molar-refractivity contribution in [2.45, 2.75) is 13.5 Å². The summed E-state index contributed by atoms with van der Waals surface area (Å²) in [6, 6.07) is 0. The lowest BCUT2D eigenvalue weighted by molar-refractivity contribution is -0.138. The van der Waals surface area contributed by atoms with Crippen LogP contribution in [0.2, 0.25) is 0 Å². The molecule has 6 heteroatoms. The Labute approximate surface area is 82.2 Å². The topological polar surface area (TPSA) is 71.2 Å². The summed E-state index contributed by atoms with van der Waals surface area (Å²) >= 11 is 0. The lowest BCUT2D eigenvalue weighted by atomic mass is 10.5. The fraction of sp³-hybridized carbons (Fsp3) is 0.625. The fourth-order valence-corrected chi connectivity index (χ4v) is 1.12. The molecular formula is C8H14N4O2. The molecule has 78 valence electrons. The molecular weight excluding hydrogens is 184 g/mol. The van der Waals surface area contributed by atoms with Gasteiger partial charge in [-0.05, 0) is 14.0 Å². The van der Waals surface area contributed by atoms with Crippen LogP contribution in [0.4, 0.5) is 0 Å². The van der Waals surface area contributed by atoms with E-state index in [0.29, 0.717) is 6.54 Å². The van der Waals surface area contributed by atoms with Gasteiger partial charge < -0.3 is 9.67 Å². The van der Waals surface area contributed by atoms with Crippen LogP contribution in [-0.2, 0) is 18.4 Å². The van der Waals surface area contributed by atoms with Gasteiger partial charge in [-0.3, -0.25) is 9.69 Å². The minimum atomic E-state index is -0.841. The summed E-state index contributed by atoms with van der Waals surface area (Å²) in [5.74, 6) is 0.751. The Morgan fingerprint density at radius 2 is 2.21 bits per heavy atom. The predicted octanol–water partition coefficient (Wildman–Crippen LogP) is -0.360. The highest BCUT2D eigenvalue weighted by atomic mass is 16.4. The van der Waals surface area contributed by atoms with Crippen molar-refractivity contribution in [1.29, 1.82) is 0 Å². The van der Waals surface area contributed by atoms with Gasteiger partial charge in [-0.15, -0.1) is 10.2 Å². The van der Waals surface area contributed by atoms with E-state index in [4.69, 9.17) is 5.11 Å². The third-order valence-corrected chi connectivity index (χ3v) is 2.00. The zero-order valence-corrected chi connectivity index (χ0v) is 8.56. The first-order chi connectivity index (χ1) is 6.50. The summed E-state index contributed by atoms with van der Waals surface area (Å²) in [4.78, 5) is 12.1. The van der Waals surface area contributed by atoms with Crippen LogP contribution in [0.1, 0.15) is 11.6 Å². The molecule has 0 bridgehead atoms. The molecule has 14 heavy (non-hydrogen) atoms. The average Bonchev–Trinajstić information content (AvgIpc) is 2.34. The molecule has 6 nitrogen and oxygen atoms in total. The van der Waals surface area contributed by atoms with Gasteiger partial charge in [0, 0.05) is 7.05 Å². The number of hydrogen-bond acceptors (Lipinski definition) is 4. The van der Waals surface area contributed by atoms with Crippen molar-refractivity contribution < 1.29 is 9.90 Å². The molecule has 0 atom stereocenters. The molecule has 1 rings (SSSR count). The molecule has 0 spiro atoms. The highest BCUT2D eigenvalue weighted by Crippen LogP contribution is 2.00. The van der Waals surface area contributed by atoms with Crippen LogP contribution in [0.5, 0.6) is 0 Å². The first-order valence-electron chi connectivity index (χ1n) is 4.26. The van der Waals surface area contributed by atoms with E-state index in [9.17, 15) is 4.79 Å². The second-order valence-corrected chi connectivity index (χ2v) is 3.29. The van der Waals surface area contributed by atoms with E-state index in [-0.39, 0.29) is 6.54 Å². The molecule has 0 saturated heterocycles. The Morgan fingerprint density at radius 3 is 2.64 bits per heavy atom. The van der Waals surface area contributed by atoms with Gasteiger partial charge in [0.15, 0.2) is 0 Å². The lowest BCUT2D eigenvalue weighted by Gasteiger charge is -2.12. The van der Waals surface area contributed by atoms with Gasteiger partial charge in [-0.1, -0.05) is 0 Å². The number of rotatable bonds is 4. The summed E-state index contributed by atoms with van der Waals surface area (Å²) in [5, 5.41) is 16.4. The molecule has 0 fully saturated rings. The van der Waals surface area contributed by atoms with Crippen LogP contribution in [0.15, 0.2) is 0 Å². The molecule has 0 amide bonds. The van der Waals surface area contributed by atoms with Gasteiger partial charge in [0.1, 0.15) is 11.6 Å². The Kier molecular flexibility index (Phi) is 3.19. The summed E-state index contributed by atoms with van der Waals surface area (Å²) in [5.41, 5.74) is 0.